The standard InChI is InChI=1S/C18H23N5O3/c1-11-14-6-5-13(7-15(14)21-20-11)17(26)23-9-18(3,10-23)19-16(25)8-22(4)12(2)24/h5-7H,8-10H2,1-4H3,(H,19,25)(H,20,21). The zero-order chi connectivity index (χ0) is 19.1. The molecule has 138 valence electrons. The van der Waals surface area contributed by atoms with Gasteiger partial charge in [0.05, 0.1) is 17.6 Å². The van der Waals surface area contributed by atoms with Gasteiger partial charge in [-0.3, -0.25) is 19.5 Å². The molecule has 0 atom stereocenters. The molecule has 0 unspecified atom stereocenters. The molecule has 8 nitrogen and oxygen atoms in total. The van der Waals surface area contributed by atoms with Crippen LogP contribution < -0.4 is 5.32 Å². The molecular formula is C18H23N5O3. The van der Waals surface area contributed by atoms with Crippen LogP contribution in [0, 0.1) is 6.92 Å². The fourth-order valence-electron chi connectivity index (χ4n) is 3.18. The zero-order valence-corrected chi connectivity index (χ0v) is 15.4. The van der Waals surface area contributed by atoms with Crippen molar-refractivity contribution in [2.75, 3.05) is 26.7 Å². The smallest absolute Gasteiger partial charge is 0.254 e. The predicted molar refractivity (Wildman–Crippen MR) is 96.6 cm³/mol. The van der Waals surface area contributed by atoms with Crippen molar-refractivity contribution in [3.05, 3.63) is 29.5 Å². The van der Waals surface area contributed by atoms with Crippen molar-refractivity contribution in [2.45, 2.75) is 26.3 Å². The third-order valence-corrected chi connectivity index (χ3v) is 4.72. The number of likely N-dealkylation sites (N-methyl/N-ethyl adjacent to an activating group) is 1. The first kappa shape index (κ1) is 17.9. The molecule has 8 heteroatoms. The number of hydrogen-bond donors (Lipinski definition) is 2. The largest absolute Gasteiger partial charge is 0.346 e. The maximum Gasteiger partial charge on any atom is 0.254 e. The molecule has 2 heterocycles. The van der Waals surface area contributed by atoms with E-state index in [0.29, 0.717) is 18.7 Å². The Morgan fingerprint density at radius 1 is 1.35 bits per heavy atom. The summed E-state index contributed by atoms with van der Waals surface area (Å²) in [5.41, 5.74) is 1.83. The lowest BCUT2D eigenvalue weighted by Crippen LogP contribution is -2.70. The van der Waals surface area contributed by atoms with E-state index in [1.165, 1.54) is 11.8 Å². The van der Waals surface area contributed by atoms with Crippen LogP contribution in [-0.4, -0.2) is 69.9 Å². The van der Waals surface area contributed by atoms with Crippen molar-refractivity contribution in [3.8, 4) is 0 Å². The van der Waals surface area contributed by atoms with Crippen LogP contribution in [0.25, 0.3) is 10.9 Å². The maximum absolute atomic E-state index is 12.6. The first-order valence-electron chi connectivity index (χ1n) is 8.45. The van der Waals surface area contributed by atoms with Gasteiger partial charge in [0.25, 0.3) is 5.91 Å². The third kappa shape index (κ3) is 3.40. The van der Waals surface area contributed by atoms with Gasteiger partial charge in [0.15, 0.2) is 0 Å². The predicted octanol–water partition coefficient (Wildman–Crippen LogP) is 0.680. The van der Waals surface area contributed by atoms with Crippen molar-refractivity contribution in [1.82, 2.24) is 25.3 Å². The summed E-state index contributed by atoms with van der Waals surface area (Å²) in [5, 5.41) is 11.0. The van der Waals surface area contributed by atoms with E-state index in [1.54, 1.807) is 24.1 Å². The number of rotatable bonds is 4. The summed E-state index contributed by atoms with van der Waals surface area (Å²) < 4.78 is 0. The fraction of sp³-hybridized carbons (Fsp3) is 0.444. The number of nitrogens with one attached hydrogen (secondary N) is 2. The van der Waals surface area contributed by atoms with Crippen molar-refractivity contribution < 1.29 is 14.4 Å². The van der Waals surface area contributed by atoms with Gasteiger partial charge < -0.3 is 15.1 Å². The molecule has 0 aliphatic carbocycles. The summed E-state index contributed by atoms with van der Waals surface area (Å²) >= 11 is 0. The topological polar surface area (TPSA) is 98.4 Å². The molecule has 0 radical (unpaired) electrons. The van der Waals surface area contributed by atoms with Gasteiger partial charge in [-0.05, 0) is 26.0 Å². The second-order valence-electron chi connectivity index (χ2n) is 7.23. The van der Waals surface area contributed by atoms with Crippen molar-refractivity contribution >= 4 is 28.6 Å². The molecule has 2 aromatic rings. The molecule has 0 saturated carbocycles. The number of benzene rings is 1. The number of aryl methyl sites for hydroxylation is 1. The van der Waals surface area contributed by atoms with Crippen LogP contribution in [0.15, 0.2) is 18.2 Å². The van der Waals surface area contributed by atoms with Crippen molar-refractivity contribution in [3.63, 3.8) is 0 Å². The van der Waals surface area contributed by atoms with Gasteiger partial charge in [-0.15, -0.1) is 0 Å². The van der Waals surface area contributed by atoms with E-state index in [4.69, 9.17) is 0 Å². The lowest BCUT2D eigenvalue weighted by Gasteiger charge is -2.48. The molecular weight excluding hydrogens is 334 g/mol. The average molecular weight is 357 g/mol. The number of amides is 3. The van der Waals surface area contributed by atoms with E-state index >= 15 is 0 Å². The highest BCUT2D eigenvalue weighted by molar-refractivity contribution is 5.99. The van der Waals surface area contributed by atoms with Gasteiger partial charge in [-0.25, -0.2) is 0 Å². The number of nitrogens with zero attached hydrogens (tertiary/aromatic N) is 3. The van der Waals surface area contributed by atoms with Gasteiger partial charge in [-0.1, -0.05) is 6.07 Å². The van der Waals surface area contributed by atoms with Crippen LogP contribution in [0.3, 0.4) is 0 Å². The van der Waals surface area contributed by atoms with Crippen molar-refractivity contribution in [2.24, 2.45) is 0 Å². The number of fused-ring (bicyclic) bond motifs is 1. The minimum atomic E-state index is -0.475. The lowest BCUT2D eigenvalue weighted by molar-refractivity contribution is -0.134. The van der Waals surface area contributed by atoms with Gasteiger partial charge in [0, 0.05) is 43.7 Å². The van der Waals surface area contributed by atoms with Crippen LogP contribution >= 0.6 is 0 Å². The molecule has 1 aliphatic rings. The zero-order valence-electron chi connectivity index (χ0n) is 15.4. The van der Waals surface area contributed by atoms with E-state index in [2.05, 4.69) is 15.5 Å². The van der Waals surface area contributed by atoms with Crippen molar-refractivity contribution in [1.29, 1.82) is 0 Å². The quantitative estimate of drug-likeness (QED) is 0.841. The van der Waals surface area contributed by atoms with Crippen LogP contribution in [0.2, 0.25) is 0 Å². The first-order valence-corrected chi connectivity index (χ1v) is 8.45. The van der Waals surface area contributed by atoms with E-state index in [9.17, 15) is 14.4 Å². The fourth-order valence-corrected chi connectivity index (χ4v) is 3.18. The second-order valence-corrected chi connectivity index (χ2v) is 7.23. The molecule has 3 amide bonds. The molecule has 1 aromatic heterocycles. The number of hydrogen-bond acceptors (Lipinski definition) is 4. The van der Waals surface area contributed by atoms with Gasteiger partial charge in [0.2, 0.25) is 11.8 Å². The molecule has 1 saturated heterocycles. The Morgan fingerprint density at radius 2 is 2.04 bits per heavy atom. The minimum Gasteiger partial charge on any atom is -0.346 e. The molecule has 26 heavy (non-hydrogen) atoms. The Hall–Kier alpha value is -2.90. The van der Waals surface area contributed by atoms with Gasteiger partial charge >= 0.3 is 0 Å². The first-order chi connectivity index (χ1) is 12.2. The number of carbonyl (C=O) groups is 3. The molecule has 0 spiro atoms. The summed E-state index contributed by atoms with van der Waals surface area (Å²) in [4.78, 5) is 38.9. The normalized spacial score (nSPS) is 15.5. The van der Waals surface area contributed by atoms with E-state index in [0.717, 1.165) is 16.6 Å². The third-order valence-electron chi connectivity index (χ3n) is 4.72. The number of aromatic amines is 1. The highest BCUT2D eigenvalue weighted by Crippen LogP contribution is 2.24. The number of aromatic nitrogens is 2. The van der Waals surface area contributed by atoms with Gasteiger partial charge in [0.1, 0.15) is 0 Å². The number of likely N-dealkylation sites (tertiary alicyclic amines) is 1. The Morgan fingerprint density at radius 3 is 2.69 bits per heavy atom. The lowest BCUT2D eigenvalue weighted by atomic mass is 9.91. The van der Waals surface area contributed by atoms with Crippen LogP contribution in [-0.2, 0) is 9.59 Å². The average Bonchev–Trinajstić information content (AvgIpc) is 2.92. The summed E-state index contributed by atoms with van der Waals surface area (Å²) in [6.45, 7) is 6.11. The molecule has 0 bridgehead atoms. The van der Waals surface area contributed by atoms with Crippen LogP contribution in [0.5, 0.6) is 0 Å². The Labute approximate surface area is 151 Å². The molecule has 2 N–H and O–H groups in total. The number of carbonyl (C=O) groups excluding carboxylic acids is 3. The molecule has 1 aromatic carbocycles. The van der Waals surface area contributed by atoms with Gasteiger partial charge in [-0.2, -0.15) is 5.10 Å². The van der Waals surface area contributed by atoms with E-state index in [1.807, 2.05) is 19.9 Å². The molecule has 1 fully saturated rings. The van der Waals surface area contributed by atoms with E-state index in [-0.39, 0.29) is 24.3 Å². The molecule has 3 rings (SSSR count). The summed E-state index contributed by atoms with van der Waals surface area (Å²) in [6, 6.07) is 5.46. The SMILES string of the molecule is CC(=O)N(C)CC(=O)NC1(C)CN(C(=O)c2ccc3c(C)[nH]nc3c2)C1. The van der Waals surface area contributed by atoms with Crippen LogP contribution in [0.4, 0.5) is 0 Å². The Bertz CT molecular complexity index is 882. The minimum absolute atomic E-state index is 0.00798. The highest BCUT2D eigenvalue weighted by atomic mass is 16.2. The maximum atomic E-state index is 12.6. The highest BCUT2D eigenvalue weighted by Gasteiger charge is 2.42. The second kappa shape index (κ2) is 6.44. The summed E-state index contributed by atoms with van der Waals surface area (Å²) in [7, 11) is 1.58. The van der Waals surface area contributed by atoms with E-state index < -0.39 is 5.54 Å². The summed E-state index contributed by atoms with van der Waals surface area (Å²) in [6.07, 6.45) is 0. The molecule has 1 aliphatic heterocycles. The Balaban J connectivity index is 1.59. The Kier molecular flexibility index (Phi) is 4.43. The number of H-pyrrole nitrogens is 1. The summed E-state index contributed by atoms with van der Waals surface area (Å²) in [5.74, 6) is -0.481. The van der Waals surface area contributed by atoms with Crippen LogP contribution in [0.1, 0.15) is 29.9 Å². The monoisotopic (exact) mass is 357 g/mol.